The van der Waals surface area contributed by atoms with E-state index in [1.54, 1.807) is 0 Å². The van der Waals surface area contributed by atoms with E-state index in [1.807, 2.05) is 24.3 Å². The van der Waals surface area contributed by atoms with Crippen LogP contribution in [0.2, 0.25) is 5.02 Å². The molecule has 0 aromatic heterocycles. The van der Waals surface area contributed by atoms with Crippen molar-refractivity contribution in [2.75, 3.05) is 18.5 Å². The normalized spacial score (nSPS) is 9.64. The topological polar surface area (TPSA) is 32.3 Å². The van der Waals surface area contributed by atoms with Gasteiger partial charge in [0.2, 0.25) is 0 Å². The predicted octanol–water partition coefficient (Wildman–Crippen LogP) is 1.74. The van der Waals surface area contributed by atoms with E-state index in [4.69, 9.17) is 16.7 Å². The van der Waals surface area contributed by atoms with Crippen LogP contribution in [0, 0.1) is 0 Å². The Kier molecular flexibility index (Phi) is 3.20. The van der Waals surface area contributed by atoms with Gasteiger partial charge in [-0.1, -0.05) is 17.7 Å². The first-order chi connectivity index (χ1) is 5.33. The molecular weight excluding hydrogens is 162 g/mol. The third-order valence-electron chi connectivity index (χ3n) is 1.27. The van der Waals surface area contributed by atoms with Gasteiger partial charge in [0.15, 0.2) is 0 Å². The van der Waals surface area contributed by atoms with E-state index in [9.17, 15) is 0 Å². The van der Waals surface area contributed by atoms with E-state index < -0.39 is 0 Å². The summed E-state index contributed by atoms with van der Waals surface area (Å²) in [7, 11) is 0. The molecule has 0 saturated heterocycles. The van der Waals surface area contributed by atoms with Gasteiger partial charge in [0, 0.05) is 17.3 Å². The fourth-order valence-corrected chi connectivity index (χ4v) is 0.989. The number of benzene rings is 1. The summed E-state index contributed by atoms with van der Waals surface area (Å²) < 4.78 is 0. The van der Waals surface area contributed by atoms with E-state index in [0.29, 0.717) is 11.6 Å². The van der Waals surface area contributed by atoms with Gasteiger partial charge in [0.25, 0.3) is 0 Å². The monoisotopic (exact) mass is 171 g/mol. The number of rotatable bonds is 3. The van der Waals surface area contributed by atoms with Gasteiger partial charge < -0.3 is 10.4 Å². The average Bonchev–Trinajstić information content (AvgIpc) is 2.01. The van der Waals surface area contributed by atoms with Gasteiger partial charge in [-0.05, 0) is 18.2 Å². The zero-order valence-corrected chi connectivity index (χ0v) is 6.80. The molecule has 2 nitrogen and oxygen atoms in total. The summed E-state index contributed by atoms with van der Waals surface area (Å²) in [5.41, 5.74) is 0.937. The summed E-state index contributed by atoms with van der Waals surface area (Å²) in [6.07, 6.45) is 0. The van der Waals surface area contributed by atoms with Gasteiger partial charge in [-0.15, -0.1) is 0 Å². The molecule has 0 saturated carbocycles. The highest BCUT2D eigenvalue weighted by Gasteiger charge is 1.90. The molecule has 0 atom stereocenters. The SMILES string of the molecule is OCCNc1cccc(Cl)c1. The number of aliphatic hydroxyl groups excluding tert-OH is 1. The Balaban J connectivity index is 2.56. The van der Waals surface area contributed by atoms with Crippen LogP contribution in [0.5, 0.6) is 0 Å². The highest BCUT2D eigenvalue weighted by atomic mass is 35.5. The van der Waals surface area contributed by atoms with Crippen molar-refractivity contribution in [3.63, 3.8) is 0 Å². The molecular formula is C8H10ClNO. The van der Waals surface area contributed by atoms with Crippen molar-refractivity contribution >= 4 is 17.3 Å². The number of anilines is 1. The molecule has 0 fully saturated rings. The van der Waals surface area contributed by atoms with E-state index >= 15 is 0 Å². The Labute approximate surface area is 70.8 Å². The smallest absolute Gasteiger partial charge is 0.0604 e. The summed E-state index contributed by atoms with van der Waals surface area (Å²) in [6, 6.07) is 7.40. The predicted molar refractivity (Wildman–Crippen MR) is 47.0 cm³/mol. The minimum atomic E-state index is 0.131. The molecule has 0 aliphatic rings. The lowest BCUT2D eigenvalue weighted by Gasteiger charge is -2.02. The Morgan fingerprint density at radius 1 is 1.45 bits per heavy atom. The van der Waals surface area contributed by atoms with Crippen LogP contribution in [0.1, 0.15) is 0 Å². The first-order valence-electron chi connectivity index (χ1n) is 3.43. The molecule has 0 spiro atoms. The van der Waals surface area contributed by atoms with Gasteiger partial charge in [0.05, 0.1) is 6.61 Å². The lowest BCUT2D eigenvalue weighted by Crippen LogP contribution is -2.04. The van der Waals surface area contributed by atoms with E-state index in [0.717, 1.165) is 5.69 Å². The van der Waals surface area contributed by atoms with Crippen molar-refractivity contribution in [3.8, 4) is 0 Å². The molecule has 0 heterocycles. The lowest BCUT2D eigenvalue weighted by atomic mass is 10.3. The van der Waals surface area contributed by atoms with Crippen molar-refractivity contribution in [1.29, 1.82) is 0 Å². The van der Waals surface area contributed by atoms with Crippen LogP contribution in [0.25, 0.3) is 0 Å². The van der Waals surface area contributed by atoms with Crippen molar-refractivity contribution in [2.24, 2.45) is 0 Å². The minimum Gasteiger partial charge on any atom is -0.395 e. The zero-order valence-electron chi connectivity index (χ0n) is 6.05. The zero-order chi connectivity index (χ0) is 8.10. The van der Waals surface area contributed by atoms with Crippen LogP contribution in [0.15, 0.2) is 24.3 Å². The third-order valence-corrected chi connectivity index (χ3v) is 1.50. The maximum Gasteiger partial charge on any atom is 0.0604 e. The summed E-state index contributed by atoms with van der Waals surface area (Å²) >= 11 is 5.72. The first kappa shape index (κ1) is 8.37. The van der Waals surface area contributed by atoms with Crippen molar-refractivity contribution in [3.05, 3.63) is 29.3 Å². The van der Waals surface area contributed by atoms with Crippen molar-refractivity contribution < 1.29 is 5.11 Å². The largest absolute Gasteiger partial charge is 0.395 e. The summed E-state index contributed by atoms with van der Waals surface area (Å²) in [4.78, 5) is 0. The molecule has 0 amide bonds. The Hall–Kier alpha value is -0.730. The number of nitrogens with one attached hydrogen (secondary N) is 1. The molecule has 11 heavy (non-hydrogen) atoms. The second-order valence-electron chi connectivity index (χ2n) is 2.16. The minimum absolute atomic E-state index is 0.131. The molecule has 0 radical (unpaired) electrons. The third kappa shape index (κ3) is 2.78. The second kappa shape index (κ2) is 4.21. The van der Waals surface area contributed by atoms with E-state index in [-0.39, 0.29) is 6.61 Å². The molecule has 1 rings (SSSR count). The molecule has 2 N–H and O–H groups in total. The quantitative estimate of drug-likeness (QED) is 0.726. The van der Waals surface area contributed by atoms with Crippen LogP contribution < -0.4 is 5.32 Å². The Bertz CT molecular complexity index is 227. The summed E-state index contributed by atoms with van der Waals surface area (Å²) in [6.45, 7) is 0.687. The average molecular weight is 172 g/mol. The van der Waals surface area contributed by atoms with Crippen molar-refractivity contribution in [1.82, 2.24) is 0 Å². The Morgan fingerprint density at radius 3 is 2.91 bits per heavy atom. The van der Waals surface area contributed by atoms with Crippen molar-refractivity contribution in [2.45, 2.75) is 0 Å². The second-order valence-corrected chi connectivity index (χ2v) is 2.60. The molecule has 0 bridgehead atoms. The molecule has 60 valence electrons. The molecule has 0 unspecified atom stereocenters. The standard InChI is InChI=1S/C8H10ClNO/c9-7-2-1-3-8(6-7)10-4-5-11/h1-3,6,10-11H,4-5H2. The highest BCUT2D eigenvalue weighted by molar-refractivity contribution is 6.30. The number of halogens is 1. The maximum atomic E-state index is 8.50. The van der Waals surface area contributed by atoms with E-state index in [2.05, 4.69) is 5.32 Å². The molecule has 1 aromatic carbocycles. The number of hydrogen-bond acceptors (Lipinski definition) is 2. The van der Waals surface area contributed by atoms with Gasteiger partial charge in [-0.2, -0.15) is 0 Å². The molecule has 0 aliphatic heterocycles. The summed E-state index contributed by atoms with van der Waals surface area (Å²) in [5.74, 6) is 0. The number of aliphatic hydroxyl groups is 1. The fraction of sp³-hybridized carbons (Fsp3) is 0.250. The molecule has 3 heteroatoms. The van der Waals surface area contributed by atoms with Crippen LogP contribution >= 0.6 is 11.6 Å². The van der Waals surface area contributed by atoms with Crippen LogP contribution in [-0.2, 0) is 0 Å². The fourth-order valence-electron chi connectivity index (χ4n) is 0.799. The van der Waals surface area contributed by atoms with E-state index in [1.165, 1.54) is 0 Å². The number of hydrogen-bond donors (Lipinski definition) is 2. The highest BCUT2D eigenvalue weighted by Crippen LogP contribution is 2.14. The van der Waals surface area contributed by atoms with Crippen LogP contribution in [-0.4, -0.2) is 18.3 Å². The molecule has 1 aromatic rings. The maximum absolute atomic E-state index is 8.50. The van der Waals surface area contributed by atoms with Gasteiger partial charge >= 0.3 is 0 Å². The van der Waals surface area contributed by atoms with Gasteiger partial charge in [-0.25, -0.2) is 0 Å². The van der Waals surface area contributed by atoms with Crippen LogP contribution in [0.4, 0.5) is 5.69 Å². The Morgan fingerprint density at radius 2 is 2.27 bits per heavy atom. The van der Waals surface area contributed by atoms with Crippen LogP contribution in [0.3, 0.4) is 0 Å². The molecule has 0 aliphatic carbocycles. The van der Waals surface area contributed by atoms with Gasteiger partial charge in [-0.3, -0.25) is 0 Å². The summed E-state index contributed by atoms with van der Waals surface area (Å²) in [5, 5.41) is 12.2. The van der Waals surface area contributed by atoms with Gasteiger partial charge in [0.1, 0.15) is 0 Å². The lowest BCUT2D eigenvalue weighted by molar-refractivity contribution is 0.311. The first-order valence-corrected chi connectivity index (χ1v) is 3.81.